The molecule has 0 fully saturated rings. The van der Waals surface area contributed by atoms with Gasteiger partial charge in [0.25, 0.3) is 0 Å². The first kappa shape index (κ1) is 13.7. The molecule has 5 nitrogen and oxygen atoms in total. The Bertz CT molecular complexity index is 634. The zero-order valence-corrected chi connectivity index (χ0v) is 11.3. The highest BCUT2D eigenvalue weighted by atomic mass is 16.5. The molecule has 3 N–H and O–H groups in total. The van der Waals surface area contributed by atoms with Crippen LogP contribution in [0.25, 0.3) is 0 Å². The summed E-state index contributed by atoms with van der Waals surface area (Å²) in [6.45, 7) is 2.98. The number of ether oxygens (including phenoxy) is 1. The molecule has 0 aliphatic heterocycles. The first-order valence-corrected chi connectivity index (χ1v) is 6.35. The largest absolute Gasteiger partial charge is 0.476 e. The predicted molar refractivity (Wildman–Crippen MR) is 78.3 cm³/mol. The molecule has 2 rings (SSSR count). The monoisotopic (exact) mass is 268 g/mol. The molecule has 2 aromatic rings. The van der Waals surface area contributed by atoms with Gasteiger partial charge in [-0.1, -0.05) is 12.1 Å². The Balaban J connectivity index is 2.07. The fourth-order valence-corrected chi connectivity index (χ4v) is 1.75. The van der Waals surface area contributed by atoms with E-state index in [1.54, 1.807) is 18.2 Å². The molecule has 0 spiro atoms. The van der Waals surface area contributed by atoms with Gasteiger partial charge in [0.2, 0.25) is 5.88 Å². The topological polar surface area (TPSA) is 84.0 Å². The molecule has 20 heavy (non-hydrogen) atoms. The third kappa shape index (κ3) is 3.39. The Morgan fingerprint density at radius 2 is 2.20 bits per heavy atom. The highest BCUT2D eigenvalue weighted by Crippen LogP contribution is 2.21. The molecule has 0 aliphatic carbocycles. The summed E-state index contributed by atoms with van der Waals surface area (Å²) >= 11 is 0. The van der Waals surface area contributed by atoms with Crippen LogP contribution in [0.15, 0.2) is 36.4 Å². The predicted octanol–water partition coefficient (Wildman–Crippen LogP) is 2.55. The Hall–Kier alpha value is -2.74. The summed E-state index contributed by atoms with van der Waals surface area (Å²) in [6, 6.07) is 13.1. The van der Waals surface area contributed by atoms with E-state index < -0.39 is 0 Å². The van der Waals surface area contributed by atoms with Crippen LogP contribution in [-0.4, -0.2) is 11.6 Å². The molecule has 0 saturated carbocycles. The van der Waals surface area contributed by atoms with Gasteiger partial charge in [0.15, 0.2) is 0 Å². The van der Waals surface area contributed by atoms with Gasteiger partial charge in [-0.05, 0) is 36.8 Å². The number of nitrogens with two attached hydrogens (primary N) is 1. The van der Waals surface area contributed by atoms with E-state index in [0.717, 1.165) is 5.56 Å². The average Bonchev–Trinajstić information content (AvgIpc) is 2.48. The molecule has 0 unspecified atom stereocenters. The van der Waals surface area contributed by atoms with Crippen LogP contribution in [0.1, 0.15) is 18.1 Å². The van der Waals surface area contributed by atoms with E-state index in [2.05, 4.69) is 16.4 Å². The lowest BCUT2D eigenvalue weighted by molar-refractivity contribution is 0.329. The quantitative estimate of drug-likeness (QED) is 0.870. The second-order valence-corrected chi connectivity index (χ2v) is 4.19. The number of nitrogens with one attached hydrogen (secondary N) is 1. The lowest BCUT2D eigenvalue weighted by Gasteiger charge is -2.10. The van der Waals surface area contributed by atoms with Crippen LogP contribution < -0.4 is 15.8 Å². The van der Waals surface area contributed by atoms with Gasteiger partial charge < -0.3 is 15.8 Å². The maximum absolute atomic E-state index is 8.86. The van der Waals surface area contributed by atoms with Crippen LogP contribution >= 0.6 is 0 Å². The van der Waals surface area contributed by atoms with Crippen molar-refractivity contribution in [3.05, 3.63) is 47.5 Å². The zero-order valence-electron chi connectivity index (χ0n) is 11.3. The molecule has 1 heterocycles. The summed E-state index contributed by atoms with van der Waals surface area (Å²) in [5, 5.41) is 12.0. The SMILES string of the molecule is CCOc1nc(NCc2cccc(C#N)c2)ccc1N. The van der Waals surface area contributed by atoms with Crippen molar-refractivity contribution in [3.8, 4) is 11.9 Å². The van der Waals surface area contributed by atoms with Gasteiger partial charge in [-0.3, -0.25) is 0 Å². The number of nitriles is 1. The normalized spacial score (nSPS) is 9.80. The Kier molecular flexibility index (Phi) is 4.40. The number of pyridine rings is 1. The Labute approximate surface area is 118 Å². The number of nitrogens with zero attached hydrogens (tertiary/aromatic N) is 2. The van der Waals surface area contributed by atoms with Crippen LogP contribution in [-0.2, 0) is 6.54 Å². The van der Waals surface area contributed by atoms with E-state index >= 15 is 0 Å². The molecule has 0 atom stereocenters. The number of rotatable bonds is 5. The summed E-state index contributed by atoms with van der Waals surface area (Å²) < 4.78 is 5.35. The zero-order chi connectivity index (χ0) is 14.4. The molecule has 0 amide bonds. The smallest absolute Gasteiger partial charge is 0.239 e. The fourth-order valence-electron chi connectivity index (χ4n) is 1.75. The standard InChI is InChI=1S/C15H16N4O/c1-2-20-15-13(17)6-7-14(19-15)18-10-12-5-3-4-11(8-12)9-16/h3-8H,2,10,17H2,1H3,(H,18,19). The molecule has 1 aromatic carbocycles. The third-order valence-corrected chi connectivity index (χ3v) is 2.70. The second-order valence-electron chi connectivity index (χ2n) is 4.19. The van der Waals surface area contributed by atoms with Gasteiger partial charge in [0.1, 0.15) is 5.82 Å². The third-order valence-electron chi connectivity index (χ3n) is 2.70. The number of nitrogen functional groups attached to an aromatic ring is 1. The number of hydrogen-bond donors (Lipinski definition) is 2. The molecule has 0 aliphatic rings. The van der Waals surface area contributed by atoms with Crippen LogP contribution in [0.3, 0.4) is 0 Å². The van der Waals surface area contributed by atoms with Crippen LogP contribution in [0.4, 0.5) is 11.5 Å². The van der Waals surface area contributed by atoms with Gasteiger partial charge in [0.05, 0.1) is 23.9 Å². The fraction of sp³-hybridized carbons (Fsp3) is 0.200. The summed E-state index contributed by atoms with van der Waals surface area (Å²) in [4.78, 5) is 4.30. The van der Waals surface area contributed by atoms with E-state index in [0.29, 0.717) is 36.1 Å². The summed E-state index contributed by atoms with van der Waals surface area (Å²) in [7, 11) is 0. The first-order chi connectivity index (χ1) is 9.72. The maximum Gasteiger partial charge on any atom is 0.239 e. The molecule has 102 valence electrons. The van der Waals surface area contributed by atoms with Crippen molar-refractivity contribution >= 4 is 11.5 Å². The second kappa shape index (κ2) is 6.43. The minimum absolute atomic E-state index is 0.434. The lowest BCUT2D eigenvalue weighted by Crippen LogP contribution is -2.05. The van der Waals surface area contributed by atoms with Gasteiger partial charge in [-0.25, -0.2) is 0 Å². The van der Waals surface area contributed by atoms with Crippen molar-refractivity contribution in [3.63, 3.8) is 0 Å². The molecule has 1 aromatic heterocycles. The number of hydrogen-bond acceptors (Lipinski definition) is 5. The Morgan fingerprint density at radius 3 is 2.95 bits per heavy atom. The van der Waals surface area contributed by atoms with Crippen molar-refractivity contribution in [2.75, 3.05) is 17.7 Å². The van der Waals surface area contributed by atoms with Crippen LogP contribution in [0.2, 0.25) is 0 Å². The van der Waals surface area contributed by atoms with Crippen molar-refractivity contribution < 1.29 is 4.74 Å². The van der Waals surface area contributed by atoms with Crippen molar-refractivity contribution in [1.82, 2.24) is 4.98 Å². The number of benzene rings is 1. The summed E-state index contributed by atoms with van der Waals surface area (Å²) in [6.07, 6.45) is 0. The lowest BCUT2D eigenvalue weighted by atomic mass is 10.1. The highest BCUT2D eigenvalue weighted by molar-refractivity contribution is 5.53. The van der Waals surface area contributed by atoms with Crippen LogP contribution in [0.5, 0.6) is 5.88 Å². The maximum atomic E-state index is 8.86. The first-order valence-electron chi connectivity index (χ1n) is 6.35. The van der Waals surface area contributed by atoms with E-state index in [9.17, 15) is 0 Å². The van der Waals surface area contributed by atoms with Crippen LogP contribution in [0, 0.1) is 11.3 Å². The van der Waals surface area contributed by atoms with Gasteiger partial charge >= 0.3 is 0 Å². The summed E-state index contributed by atoms with van der Waals surface area (Å²) in [5.41, 5.74) is 7.94. The molecular weight excluding hydrogens is 252 g/mol. The van der Waals surface area contributed by atoms with Gasteiger partial charge in [-0.15, -0.1) is 0 Å². The van der Waals surface area contributed by atoms with Crippen molar-refractivity contribution in [2.45, 2.75) is 13.5 Å². The highest BCUT2D eigenvalue weighted by Gasteiger charge is 2.04. The number of anilines is 2. The van der Waals surface area contributed by atoms with Gasteiger partial charge in [0, 0.05) is 6.54 Å². The molecule has 0 bridgehead atoms. The molecule has 5 heteroatoms. The molecular formula is C15H16N4O. The molecule has 0 saturated heterocycles. The number of aromatic nitrogens is 1. The minimum Gasteiger partial charge on any atom is -0.476 e. The average molecular weight is 268 g/mol. The van der Waals surface area contributed by atoms with Crippen molar-refractivity contribution in [1.29, 1.82) is 5.26 Å². The van der Waals surface area contributed by atoms with E-state index in [-0.39, 0.29) is 0 Å². The van der Waals surface area contributed by atoms with Crippen molar-refractivity contribution in [2.24, 2.45) is 0 Å². The Morgan fingerprint density at radius 1 is 1.35 bits per heavy atom. The molecule has 0 radical (unpaired) electrons. The van der Waals surface area contributed by atoms with Gasteiger partial charge in [-0.2, -0.15) is 10.2 Å². The van der Waals surface area contributed by atoms with E-state index in [4.69, 9.17) is 15.7 Å². The van der Waals surface area contributed by atoms with E-state index in [1.165, 1.54) is 0 Å². The van der Waals surface area contributed by atoms with E-state index in [1.807, 2.05) is 25.1 Å². The summed E-state index contributed by atoms with van der Waals surface area (Å²) in [5.74, 6) is 1.12. The minimum atomic E-state index is 0.434.